The highest BCUT2D eigenvalue weighted by Gasteiger charge is 2.50. The number of fused-ring (bicyclic) bond motifs is 1. The summed E-state index contributed by atoms with van der Waals surface area (Å²) in [6.45, 7) is 17.6. The minimum atomic E-state index is -2.06. The van der Waals surface area contributed by atoms with E-state index in [2.05, 4.69) is 57.5 Å². The van der Waals surface area contributed by atoms with E-state index in [0.717, 1.165) is 0 Å². The van der Waals surface area contributed by atoms with Crippen molar-refractivity contribution in [2.24, 2.45) is 0 Å². The van der Waals surface area contributed by atoms with Crippen LogP contribution >= 0.6 is 15.9 Å². The highest BCUT2D eigenvalue weighted by molar-refractivity contribution is 9.10. The third-order valence-corrected chi connectivity index (χ3v) is 12.7. The second-order valence-corrected chi connectivity index (χ2v) is 15.7. The van der Waals surface area contributed by atoms with E-state index in [9.17, 15) is 4.79 Å². The molecule has 25 heavy (non-hydrogen) atoms. The average Bonchev–Trinajstić information content (AvgIpc) is 2.41. The fourth-order valence-electron chi connectivity index (χ4n) is 4.54. The van der Waals surface area contributed by atoms with Crippen LogP contribution in [0.25, 0.3) is 0 Å². The predicted octanol–water partition coefficient (Wildman–Crippen LogP) is 6.25. The summed E-state index contributed by atoms with van der Waals surface area (Å²) in [5.74, 6) is 0.834. The first-order valence-electron chi connectivity index (χ1n) is 9.37. The van der Waals surface area contributed by atoms with Crippen LogP contribution in [0.1, 0.15) is 68.2 Å². The number of halogens is 1. The summed E-state index contributed by atoms with van der Waals surface area (Å²) in [6.07, 6.45) is 5.06. The van der Waals surface area contributed by atoms with Crippen molar-refractivity contribution in [3.8, 4) is 0 Å². The number of carbonyl (C=O) groups is 1. The first-order valence-corrected chi connectivity index (χ1v) is 12.3. The third-order valence-electron chi connectivity index (χ3n) is 5.52. The van der Waals surface area contributed by atoms with Crippen LogP contribution < -0.4 is 0 Å². The molecular weight excluding hydrogens is 396 g/mol. The van der Waals surface area contributed by atoms with Crippen LogP contribution in [0.5, 0.6) is 0 Å². The van der Waals surface area contributed by atoms with Gasteiger partial charge in [0.1, 0.15) is 15.9 Å². The van der Waals surface area contributed by atoms with Crippen LogP contribution in [0.4, 0.5) is 0 Å². The van der Waals surface area contributed by atoms with Gasteiger partial charge < -0.3 is 9.16 Å². The van der Waals surface area contributed by atoms with E-state index in [0.29, 0.717) is 40.8 Å². The van der Waals surface area contributed by atoms with Gasteiger partial charge in [-0.3, -0.25) is 4.79 Å². The van der Waals surface area contributed by atoms with Gasteiger partial charge in [0.05, 0.1) is 12.0 Å². The molecule has 0 aromatic heterocycles. The monoisotopic (exact) mass is 428 g/mol. The highest BCUT2D eigenvalue weighted by atomic mass is 79.9. The average molecular weight is 429 g/mol. The molecule has 2 rings (SSSR count). The molecule has 0 saturated carbocycles. The number of Topliss-reactive ketones (excluding diaryl/α,β-unsaturated/α-hetero) is 1. The van der Waals surface area contributed by atoms with Crippen LogP contribution in [0.2, 0.25) is 16.6 Å². The lowest BCUT2D eigenvalue weighted by molar-refractivity contribution is -0.123. The number of rotatable bonds is 5. The molecule has 0 bridgehead atoms. The molecule has 0 spiro atoms. The molecule has 0 radical (unpaired) electrons. The lowest BCUT2D eigenvalue weighted by Gasteiger charge is -2.48. The molecule has 0 N–H and O–H groups in total. The zero-order valence-corrected chi connectivity index (χ0v) is 19.5. The molecule has 1 atom stereocenters. The number of allylic oxidation sites excluding steroid dienone is 1. The van der Waals surface area contributed by atoms with Gasteiger partial charge in [-0.05, 0) is 46.4 Å². The van der Waals surface area contributed by atoms with Gasteiger partial charge in [0, 0.05) is 12.5 Å². The normalized spacial score (nSPS) is 26.5. The fourth-order valence-corrected chi connectivity index (χ4v) is 11.2. The summed E-state index contributed by atoms with van der Waals surface area (Å²) in [4.78, 5) is 12.4. The molecule has 5 heteroatoms. The highest BCUT2D eigenvalue weighted by Crippen LogP contribution is 2.49. The Balaban J connectivity index is 2.40. The van der Waals surface area contributed by atoms with Crippen LogP contribution in [-0.2, 0) is 14.0 Å². The van der Waals surface area contributed by atoms with Crippen molar-refractivity contribution in [2.45, 2.75) is 95.0 Å². The van der Waals surface area contributed by atoms with Crippen molar-refractivity contribution in [1.82, 2.24) is 0 Å². The largest absolute Gasteiger partial charge is 0.487 e. The Bertz CT molecular complexity index is 582. The van der Waals surface area contributed by atoms with Crippen molar-refractivity contribution in [2.75, 3.05) is 0 Å². The van der Waals surface area contributed by atoms with E-state index in [1.165, 1.54) is 0 Å². The maximum absolute atomic E-state index is 12.4. The van der Waals surface area contributed by atoms with Gasteiger partial charge in [-0.1, -0.05) is 47.6 Å². The van der Waals surface area contributed by atoms with E-state index in [1.54, 1.807) is 0 Å². The zero-order chi connectivity index (χ0) is 19.2. The topological polar surface area (TPSA) is 35.5 Å². The zero-order valence-electron chi connectivity index (χ0n) is 16.9. The Morgan fingerprint density at radius 2 is 1.64 bits per heavy atom. The van der Waals surface area contributed by atoms with Gasteiger partial charge in [0.15, 0.2) is 5.78 Å². The van der Waals surface area contributed by atoms with Gasteiger partial charge in [0.2, 0.25) is 8.32 Å². The van der Waals surface area contributed by atoms with Crippen molar-refractivity contribution in [1.29, 1.82) is 0 Å². The van der Waals surface area contributed by atoms with E-state index in [-0.39, 0.29) is 5.78 Å². The molecule has 0 aromatic rings. The summed E-state index contributed by atoms with van der Waals surface area (Å²) in [5, 5.41) is 0. The number of hydrogen-bond donors (Lipinski definition) is 0. The van der Waals surface area contributed by atoms with E-state index in [1.807, 2.05) is 26.0 Å². The molecular formula is C20H33BrO3Si. The summed E-state index contributed by atoms with van der Waals surface area (Å²) >= 11 is 3.86. The van der Waals surface area contributed by atoms with Crippen LogP contribution in [0.3, 0.4) is 0 Å². The number of hydrogen-bond acceptors (Lipinski definition) is 3. The summed E-state index contributed by atoms with van der Waals surface area (Å²) in [7, 11) is -2.06. The van der Waals surface area contributed by atoms with Gasteiger partial charge in [0.25, 0.3) is 0 Å². The van der Waals surface area contributed by atoms with E-state index >= 15 is 0 Å². The Kier molecular flexibility index (Phi) is 5.83. The molecule has 1 aliphatic heterocycles. The summed E-state index contributed by atoms with van der Waals surface area (Å²) in [6, 6.07) is 0. The Hall–Kier alpha value is -0.393. The molecule has 1 saturated heterocycles. The molecule has 1 fully saturated rings. The standard InChI is InChI=1S/C20H33BrO3Si/c1-13(2)25(14(3)4,15(5)6)24-20(21)10-9-16-17(22)11-19(7,8)23-18(16)12-20/h9,12-15H,10-11H2,1-8H3. The molecule has 0 amide bonds. The SMILES string of the molecule is CC(C)[Si](OC1(Br)C=C2OC(C)(C)CC(=O)C2=CC1)(C(C)C)C(C)C. The van der Waals surface area contributed by atoms with Crippen molar-refractivity contribution in [3.63, 3.8) is 0 Å². The summed E-state index contributed by atoms with van der Waals surface area (Å²) < 4.78 is 12.5. The first kappa shape index (κ1) is 20.9. The minimum absolute atomic E-state index is 0.164. The van der Waals surface area contributed by atoms with Gasteiger partial charge in [-0.25, -0.2) is 0 Å². The molecule has 2 aliphatic rings. The summed E-state index contributed by atoms with van der Waals surface area (Å²) in [5.41, 5.74) is 1.74. The second-order valence-electron chi connectivity index (χ2n) is 9.00. The second kappa shape index (κ2) is 6.97. The molecule has 3 nitrogen and oxygen atoms in total. The third kappa shape index (κ3) is 3.98. The number of ketones is 1. The molecule has 1 unspecified atom stereocenters. The maximum atomic E-state index is 12.4. The fraction of sp³-hybridized carbons (Fsp3) is 0.750. The maximum Gasteiger partial charge on any atom is 0.202 e. The van der Waals surface area contributed by atoms with Crippen LogP contribution in [-0.4, -0.2) is 24.2 Å². The Labute approximate surface area is 162 Å². The van der Waals surface area contributed by atoms with Gasteiger partial charge >= 0.3 is 0 Å². The van der Waals surface area contributed by atoms with Gasteiger partial charge in [-0.15, -0.1) is 0 Å². The minimum Gasteiger partial charge on any atom is -0.487 e. The van der Waals surface area contributed by atoms with E-state index < -0.39 is 18.4 Å². The van der Waals surface area contributed by atoms with Crippen molar-refractivity contribution in [3.05, 3.63) is 23.5 Å². The Morgan fingerprint density at radius 1 is 1.12 bits per heavy atom. The van der Waals surface area contributed by atoms with E-state index in [4.69, 9.17) is 9.16 Å². The lowest BCUT2D eigenvalue weighted by Crippen LogP contribution is -2.53. The van der Waals surface area contributed by atoms with Crippen molar-refractivity contribution >= 4 is 30.0 Å². The molecule has 142 valence electrons. The number of alkyl halides is 1. The lowest BCUT2D eigenvalue weighted by atomic mass is 9.89. The molecule has 0 aromatic carbocycles. The number of ether oxygens (including phenoxy) is 1. The predicted molar refractivity (Wildman–Crippen MR) is 109 cm³/mol. The molecule has 1 heterocycles. The number of carbonyl (C=O) groups excluding carboxylic acids is 1. The Morgan fingerprint density at radius 3 is 2.12 bits per heavy atom. The van der Waals surface area contributed by atoms with Crippen molar-refractivity contribution < 1.29 is 14.0 Å². The first-order chi connectivity index (χ1) is 11.3. The smallest absolute Gasteiger partial charge is 0.202 e. The van der Waals surface area contributed by atoms with Crippen LogP contribution in [0.15, 0.2) is 23.5 Å². The van der Waals surface area contributed by atoms with Gasteiger partial charge in [-0.2, -0.15) is 0 Å². The molecule has 1 aliphatic carbocycles. The quantitative estimate of drug-likeness (QED) is 0.383. The van der Waals surface area contributed by atoms with Crippen LogP contribution in [0, 0.1) is 0 Å².